The van der Waals surface area contributed by atoms with Crippen LogP contribution in [0.3, 0.4) is 0 Å². The van der Waals surface area contributed by atoms with Crippen molar-refractivity contribution in [1.82, 2.24) is 9.88 Å². The van der Waals surface area contributed by atoms with E-state index >= 15 is 0 Å². The van der Waals surface area contributed by atoms with Gasteiger partial charge in [0.1, 0.15) is 0 Å². The van der Waals surface area contributed by atoms with Crippen LogP contribution in [0.5, 0.6) is 0 Å². The summed E-state index contributed by atoms with van der Waals surface area (Å²) in [5.74, 6) is 0.620. The Kier molecular flexibility index (Phi) is 6.10. The van der Waals surface area contributed by atoms with Crippen LogP contribution in [0, 0.1) is 0 Å². The van der Waals surface area contributed by atoms with Gasteiger partial charge in [-0.3, -0.25) is 0 Å². The third kappa shape index (κ3) is 7.81. The number of aromatic nitrogens is 1. The third-order valence-corrected chi connectivity index (χ3v) is 1.83. The van der Waals surface area contributed by atoms with Gasteiger partial charge in [0.15, 0.2) is 0 Å². The molecule has 1 aromatic heterocycles. The summed E-state index contributed by atoms with van der Waals surface area (Å²) < 4.78 is 1.28. The first-order chi connectivity index (χ1) is 5.52. The molecule has 0 unspecified atom stereocenters. The predicted molar refractivity (Wildman–Crippen MR) is 55.0 cm³/mol. The van der Waals surface area contributed by atoms with E-state index in [1.54, 1.807) is 6.20 Å². The van der Waals surface area contributed by atoms with Crippen molar-refractivity contribution in [3.8, 4) is 0 Å². The molecule has 0 spiro atoms. The van der Waals surface area contributed by atoms with Gasteiger partial charge in [-0.05, 0) is 21.1 Å². The first-order valence-corrected chi connectivity index (χ1v) is 5.25. The number of hydrogen-bond acceptors (Lipinski definition) is 3. The Hall–Kier alpha value is -0.291. The van der Waals surface area contributed by atoms with E-state index in [9.17, 15) is 0 Å². The summed E-state index contributed by atoms with van der Waals surface area (Å²) in [5, 5.41) is 0. The molecule has 0 aliphatic heterocycles. The van der Waals surface area contributed by atoms with Crippen LogP contribution in [0.4, 0.5) is 5.82 Å². The molecule has 0 saturated carbocycles. The molecule has 1 heterocycles. The van der Waals surface area contributed by atoms with Crippen molar-refractivity contribution >= 4 is 31.9 Å². The van der Waals surface area contributed by atoms with E-state index in [-0.39, 0.29) is 0 Å². The molecule has 2 N–H and O–H groups in total. The molecule has 1 rings (SSSR count). The van der Waals surface area contributed by atoms with Gasteiger partial charge in [-0.2, -0.15) is 0 Å². The maximum atomic E-state index is 5.37. The van der Waals surface area contributed by atoms with Gasteiger partial charge in [0.2, 0.25) is 0 Å². The van der Waals surface area contributed by atoms with Crippen molar-refractivity contribution in [3.05, 3.63) is 18.3 Å². The molecule has 2 radical (unpaired) electrons. The summed E-state index contributed by atoms with van der Waals surface area (Å²) in [7, 11) is 6.00. The third-order valence-electron chi connectivity index (χ3n) is 0.805. The molecule has 12 heavy (non-hydrogen) atoms. The number of anilines is 1. The molecule has 0 aliphatic carbocycles. The zero-order valence-corrected chi connectivity index (χ0v) is 11.1. The van der Waals surface area contributed by atoms with E-state index in [0.29, 0.717) is 5.82 Å². The van der Waals surface area contributed by atoms with Gasteiger partial charge in [-0.15, -0.1) is 0 Å². The minimum absolute atomic E-state index is 0.620. The van der Waals surface area contributed by atoms with E-state index < -0.39 is 0 Å². The monoisotopic (exact) mass is 273 g/mol. The topological polar surface area (TPSA) is 42.1 Å². The summed E-state index contributed by atoms with van der Waals surface area (Å²) in [5.41, 5.74) is 5.37. The second-order valence-corrected chi connectivity index (χ2v) is 4.76. The summed E-state index contributed by atoms with van der Waals surface area (Å²) in [4.78, 5) is 5.84. The van der Waals surface area contributed by atoms with Crippen LogP contribution in [0.25, 0.3) is 0 Å². The zero-order valence-electron chi connectivity index (χ0n) is 7.78. The van der Waals surface area contributed by atoms with Gasteiger partial charge in [-0.25, -0.2) is 0 Å². The van der Waals surface area contributed by atoms with Crippen LogP contribution in [0.15, 0.2) is 18.3 Å². The quantitative estimate of drug-likeness (QED) is 0.639. The average Bonchev–Trinajstić information content (AvgIpc) is 1.84. The summed E-state index contributed by atoms with van der Waals surface area (Å²) >= 11 is 1.11. The molecule has 3 nitrogen and oxygen atoms in total. The standard InChI is InChI=1S/C5H5N2.C3H9N.Sn.H/c6-5-3-1-2-4-7-5;1-4(2)3;;/h2-4H,(H2,6,7);1-3H3;;. The molecule has 66 valence electrons. The Balaban J connectivity index is 0.000000261. The van der Waals surface area contributed by atoms with Gasteiger partial charge in [-0.1, -0.05) is 0 Å². The molecule has 0 bridgehead atoms. The Morgan fingerprint density at radius 3 is 2.17 bits per heavy atom. The number of nitrogens with two attached hydrogens (primary N) is 1. The van der Waals surface area contributed by atoms with Crippen LogP contribution in [0.2, 0.25) is 0 Å². The van der Waals surface area contributed by atoms with E-state index in [1.807, 2.05) is 38.2 Å². The summed E-state index contributed by atoms with van der Waals surface area (Å²) in [6.07, 6.45) is 1.73. The molecule has 0 atom stereocenters. The fourth-order valence-electron chi connectivity index (χ4n) is 0.466. The molecule has 4 heteroatoms. The molecule has 1 aromatic rings. The first kappa shape index (κ1) is 11.7. The van der Waals surface area contributed by atoms with Crippen molar-refractivity contribution in [2.75, 3.05) is 26.9 Å². The number of rotatable bonds is 0. The van der Waals surface area contributed by atoms with Crippen molar-refractivity contribution in [2.45, 2.75) is 0 Å². The maximum absolute atomic E-state index is 5.37. The van der Waals surface area contributed by atoms with Gasteiger partial charge in [0.25, 0.3) is 0 Å². The van der Waals surface area contributed by atoms with Crippen LogP contribution < -0.4 is 9.31 Å². The number of pyridine rings is 1. The van der Waals surface area contributed by atoms with Crippen molar-refractivity contribution < 1.29 is 0 Å². The second-order valence-electron chi connectivity index (χ2n) is 2.86. The van der Waals surface area contributed by atoms with E-state index in [4.69, 9.17) is 5.73 Å². The van der Waals surface area contributed by atoms with Crippen molar-refractivity contribution in [3.63, 3.8) is 0 Å². The number of nitrogen functional groups attached to an aromatic ring is 1. The SMILES string of the molecule is CN(C)C.Nc1c[c]([SnH])ccn1. The zero-order chi connectivity index (χ0) is 9.56. The Labute approximate surface area is 87.1 Å². The average molecular weight is 272 g/mol. The molecule has 0 saturated heterocycles. The number of hydrogen-bond donors (Lipinski definition) is 1. The Morgan fingerprint density at radius 1 is 1.42 bits per heavy atom. The van der Waals surface area contributed by atoms with Crippen LogP contribution in [-0.4, -0.2) is 53.6 Å². The molecular weight excluding hydrogens is 257 g/mol. The second kappa shape index (κ2) is 6.25. The number of nitrogens with zero attached hydrogens (tertiary/aromatic N) is 2. The van der Waals surface area contributed by atoms with Gasteiger partial charge >= 0.3 is 61.0 Å². The molecule has 0 aromatic carbocycles. The fraction of sp³-hybridized carbons (Fsp3) is 0.375. The van der Waals surface area contributed by atoms with E-state index in [1.165, 1.54) is 3.58 Å². The van der Waals surface area contributed by atoms with E-state index in [2.05, 4.69) is 4.98 Å². The predicted octanol–water partition coefficient (Wildman–Crippen LogP) is -0.632. The van der Waals surface area contributed by atoms with Gasteiger partial charge in [0.05, 0.1) is 0 Å². The molecule has 0 aliphatic rings. The van der Waals surface area contributed by atoms with E-state index in [0.717, 1.165) is 22.5 Å². The van der Waals surface area contributed by atoms with Gasteiger partial charge < -0.3 is 4.90 Å². The normalized spacial score (nSPS) is 9.08. The van der Waals surface area contributed by atoms with Crippen molar-refractivity contribution in [1.29, 1.82) is 0 Å². The van der Waals surface area contributed by atoms with Gasteiger partial charge in [0, 0.05) is 0 Å². The van der Waals surface area contributed by atoms with Crippen LogP contribution >= 0.6 is 0 Å². The molecule has 0 amide bonds. The Bertz CT molecular complexity index is 205. The Morgan fingerprint density at radius 2 is 1.92 bits per heavy atom. The van der Waals surface area contributed by atoms with Crippen LogP contribution in [-0.2, 0) is 0 Å². The first-order valence-electron chi connectivity index (χ1n) is 3.60. The molecular formula is C8H15N3Sn. The minimum atomic E-state index is 0.620. The molecule has 0 fully saturated rings. The van der Waals surface area contributed by atoms with Crippen LogP contribution in [0.1, 0.15) is 0 Å². The summed E-state index contributed by atoms with van der Waals surface area (Å²) in [6, 6.07) is 3.86. The van der Waals surface area contributed by atoms with Crippen molar-refractivity contribution in [2.24, 2.45) is 0 Å². The summed E-state index contributed by atoms with van der Waals surface area (Å²) in [6.45, 7) is 0. The fourth-order valence-corrected chi connectivity index (χ4v) is 1.20.